The third kappa shape index (κ3) is 2.44. The highest BCUT2D eigenvalue weighted by Gasteiger charge is 2.61. The maximum atomic E-state index is 12.1. The molecule has 0 aliphatic rings. The van der Waals surface area contributed by atoms with Crippen molar-refractivity contribution in [1.29, 1.82) is 0 Å². The Morgan fingerprint density at radius 1 is 1.07 bits per heavy atom. The topological polar surface area (TPSA) is 54.4 Å². The van der Waals surface area contributed by atoms with Gasteiger partial charge < -0.3 is 5.11 Å². The Balaban J connectivity index is 4.98. The van der Waals surface area contributed by atoms with E-state index in [4.69, 9.17) is 5.11 Å². The van der Waals surface area contributed by atoms with Crippen molar-refractivity contribution in [1.82, 2.24) is 0 Å². The molecule has 0 amide bonds. The minimum atomic E-state index is -5.98. The lowest BCUT2D eigenvalue weighted by atomic mass is 10.1. The van der Waals surface area contributed by atoms with Crippen LogP contribution in [0.15, 0.2) is 0 Å². The van der Waals surface area contributed by atoms with Gasteiger partial charge in [0.05, 0.1) is 0 Å². The lowest BCUT2D eigenvalue weighted by Gasteiger charge is -2.14. The maximum Gasteiger partial charge on any atom is 0.456 e. The first-order chi connectivity index (χ1) is 6.01. The predicted molar refractivity (Wildman–Crippen MR) is 28.1 cm³/mol. The van der Waals surface area contributed by atoms with Crippen molar-refractivity contribution in [3.05, 3.63) is 0 Å². The average Bonchev–Trinajstić information content (AvgIpc) is 1.99. The Hall–Kier alpha value is -1.12. The molecule has 0 fully saturated rings. The number of Topliss-reactive ketones (excluding diaryl/α,β-unsaturated/α-hetero) is 2. The van der Waals surface area contributed by atoms with E-state index in [0.29, 0.717) is 0 Å². The second-order valence-electron chi connectivity index (χ2n) is 2.10. The summed E-state index contributed by atoms with van der Waals surface area (Å²) in [4.78, 5) is 19.8. The summed E-state index contributed by atoms with van der Waals surface area (Å²) in [5.41, 5.74) is 0. The van der Waals surface area contributed by atoms with E-state index in [-0.39, 0.29) is 0 Å². The first-order valence-electron chi connectivity index (χ1n) is 2.87. The van der Waals surface area contributed by atoms with Gasteiger partial charge in [-0.15, -0.1) is 0 Å². The minimum absolute atomic E-state index is 3.14. The fraction of sp³-hybridized carbons (Fsp3) is 0.600. The Morgan fingerprint density at radius 2 is 1.43 bits per heavy atom. The van der Waals surface area contributed by atoms with Gasteiger partial charge in [0.2, 0.25) is 0 Å². The van der Waals surface area contributed by atoms with Crippen LogP contribution in [0.5, 0.6) is 0 Å². The number of aliphatic hydroxyl groups excluding tert-OH is 1. The molecule has 1 atom stereocenters. The van der Waals surface area contributed by atoms with Gasteiger partial charge in [-0.05, 0) is 0 Å². The van der Waals surface area contributed by atoms with Crippen molar-refractivity contribution in [2.24, 2.45) is 0 Å². The first kappa shape index (κ1) is 12.9. The number of halogens is 6. The van der Waals surface area contributed by atoms with Crippen LogP contribution in [0.4, 0.5) is 26.3 Å². The number of hydrogen-bond donors (Lipinski definition) is 1. The van der Waals surface area contributed by atoms with Crippen LogP contribution in [0.2, 0.25) is 0 Å². The highest BCUT2D eigenvalue weighted by molar-refractivity contribution is 6.11. The molecule has 0 bridgehead atoms. The third-order valence-corrected chi connectivity index (χ3v) is 1.07. The van der Waals surface area contributed by atoms with E-state index in [0.717, 1.165) is 0 Å². The van der Waals surface area contributed by atoms with Crippen molar-refractivity contribution >= 4 is 11.6 Å². The SMILES string of the molecule is O=C(C(O)F)C(F)(F)C(=O)C(F)(F)F. The molecular weight excluding hydrogens is 222 g/mol. The van der Waals surface area contributed by atoms with Gasteiger partial charge in [-0.1, -0.05) is 0 Å². The van der Waals surface area contributed by atoms with Crippen molar-refractivity contribution in [3.8, 4) is 0 Å². The van der Waals surface area contributed by atoms with Crippen LogP contribution >= 0.6 is 0 Å². The highest BCUT2D eigenvalue weighted by atomic mass is 19.4. The van der Waals surface area contributed by atoms with Gasteiger partial charge in [-0.3, -0.25) is 9.59 Å². The van der Waals surface area contributed by atoms with Gasteiger partial charge in [0, 0.05) is 0 Å². The van der Waals surface area contributed by atoms with Crippen molar-refractivity contribution in [3.63, 3.8) is 0 Å². The van der Waals surface area contributed by atoms with Crippen LogP contribution in [0.1, 0.15) is 0 Å². The predicted octanol–water partition coefficient (Wildman–Crippen LogP) is 0.610. The summed E-state index contributed by atoms with van der Waals surface area (Å²) >= 11 is 0. The molecular formula is C5H2F6O3. The quantitative estimate of drug-likeness (QED) is 0.564. The zero-order valence-electron chi connectivity index (χ0n) is 6.11. The Kier molecular flexibility index (Phi) is 3.27. The molecule has 0 heterocycles. The van der Waals surface area contributed by atoms with Crippen LogP contribution in [0.25, 0.3) is 0 Å². The van der Waals surface area contributed by atoms with E-state index >= 15 is 0 Å². The molecule has 3 nitrogen and oxygen atoms in total. The Labute approximate surface area is 72.3 Å². The van der Waals surface area contributed by atoms with E-state index in [1.807, 2.05) is 0 Å². The summed E-state index contributed by atoms with van der Waals surface area (Å²) in [6.45, 7) is 0. The summed E-state index contributed by atoms with van der Waals surface area (Å²) < 4.78 is 70.0. The molecule has 0 aromatic carbocycles. The highest BCUT2D eigenvalue weighted by Crippen LogP contribution is 2.29. The number of rotatable bonds is 3. The van der Waals surface area contributed by atoms with Gasteiger partial charge in [-0.25, -0.2) is 4.39 Å². The van der Waals surface area contributed by atoms with E-state index in [9.17, 15) is 35.9 Å². The van der Waals surface area contributed by atoms with Crippen LogP contribution in [-0.4, -0.2) is 35.1 Å². The molecule has 0 aliphatic heterocycles. The largest absolute Gasteiger partial charge is 0.456 e. The number of carbonyl (C=O) groups excluding carboxylic acids is 2. The van der Waals surface area contributed by atoms with E-state index in [2.05, 4.69) is 0 Å². The van der Waals surface area contributed by atoms with Crippen molar-refractivity contribution in [2.75, 3.05) is 0 Å². The molecule has 0 aromatic heterocycles. The van der Waals surface area contributed by atoms with Crippen LogP contribution in [0.3, 0.4) is 0 Å². The lowest BCUT2D eigenvalue weighted by Crippen LogP contribution is -2.49. The third-order valence-electron chi connectivity index (χ3n) is 1.07. The van der Waals surface area contributed by atoms with E-state index in [1.54, 1.807) is 0 Å². The minimum Gasteiger partial charge on any atom is -0.358 e. The van der Waals surface area contributed by atoms with Crippen LogP contribution < -0.4 is 0 Å². The van der Waals surface area contributed by atoms with E-state index < -0.39 is 30.0 Å². The molecule has 0 spiro atoms. The Morgan fingerprint density at radius 3 is 1.64 bits per heavy atom. The second-order valence-corrected chi connectivity index (χ2v) is 2.10. The number of hydrogen-bond acceptors (Lipinski definition) is 3. The van der Waals surface area contributed by atoms with Gasteiger partial charge in [0.15, 0.2) is 0 Å². The summed E-state index contributed by atoms with van der Waals surface area (Å²) in [5.74, 6) is -12.5. The van der Waals surface area contributed by atoms with Crippen LogP contribution in [0, 0.1) is 0 Å². The number of carbonyl (C=O) groups is 2. The lowest BCUT2D eigenvalue weighted by molar-refractivity contribution is -0.200. The monoisotopic (exact) mass is 224 g/mol. The molecule has 0 aliphatic carbocycles. The summed E-state index contributed by atoms with van der Waals surface area (Å²) in [7, 11) is 0. The van der Waals surface area contributed by atoms with Crippen LogP contribution in [-0.2, 0) is 9.59 Å². The Bertz CT molecular complexity index is 255. The summed E-state index contributed by atoms with van der Waals surface area (Å²) in [6, 6.07) is 0. The first-order valence-corrected chi connectivity index (χ1v) is 2.87. The number of ketones is 2. The molecule has 14 heavy (non-hydrogen) atoms. The normalized spacial score (nSPS) is 15.1. The van der Waals surface area contributed by atoms with E-state index in [1.165, 1.54) is 0 Å². The molecule has 82 valence electrons. The molecule has 0 saturated carbocycles. The average molecular weight is 224 g/mol. The number of alkyl halides is 6. The fourth-order valence-corrected chi connectivity index (χ4v) is 0.439. The molecule has 1 N–H and O–H groups in total. The summed E-state index contributed by atoms with van der Waals surface area (Å²) in [5, 5.41) is 7.66. The molecule has 1 unspecified atom stereocenters. The van der Waals surface area contributed by atoms with Gasteiger partial charge in [0.25, 0.3) is 12.1 Å². The molecule has 9 heteroatoms. The number of aliphatic hydroxyl groups is 1. The standard InChI is InChI=1S/C5H2F6O3/c6-2(13)1(12)4(7,8)3(14)5(9,10)11/h2,13H. The fourth-order valence-electron chi connectivity index (χ4n) is 0.439. The van der Waals surface area contributed by atoms with Gasteiger partial charge in [-0.2, -0.15) is 22.0 Å². The maximum absolute atomic E-state index is 12.1. The molecule has 0 rings (SSSR count). The zero-order valence-corrected chi connectivity index (χ0v) is 6.11. The zero-order chi connectivity index (χ0) is 11.7. The molecule has 0 radical (unpaired) electrons. The van der Waals surface area contributed by atoms with Gasteiger partial charge in [0.1, 0.15) is 0 Å². The second kappa shape index (κ2) is 3.56. The van der Waals surface area contributed by atoms with Crippen molar-refractivity contribution in [2.45, 2.75) is 18.5 Å². The molecule has 0 saturated heterocycles. The van der Waals surface area contributed by atoms with Crippen molar-refractivity contribution < 1.29 is 41.0 Å². The smallest absolute Gasteiger partial charge is 0.358 e. The molecule has 0 aromatic rings. The summed E-state index contributed by atoms with van der Waals surface area (Å²) in [6.07, 6.45) is -9.81. The van der Waals surface area contributed by atoms with Gasteiger partial charge >= 0.3 is 17.9 Å².